The zero-order valence-electron chi connectivity index (χ0n) is 12.8. The minimum absolute atomic E-state index is 0.388. The lowest BCUT2D eigenvalue weighted by atomic mass is 10.2. The molecule has 3 nitrogen and oxygen atoms in total. The molecule has 0 saturated carbocycles. The normalized spacial score (nSPS) is 12.6. The molecule has 0 aromatic heterocycles. The van der Waals surface area contributed by atoms with E-state index in [2.05, 4.69) is 18.8 Å². The predicted molar refractivity (Wildman–Crippen MR) is 79.9 cm³/mol. The molecule has 1 unspecified atom stereocenters. The lowest BCUT2D eigenvalue weighted by Gasteiger charge is -2.20. The zero-order chi connectivity index (χ0) is 14.8. The Bertz CT molecular complexity index is 423. The molecule has 1 atom stereocenters. The van der Waals surface area contributed by atoms with Crippen LogP contribution in [0.2, 0.25) is 0 Å². The van der Waals surface area contributed by atoms with E-state index in [1.165, 1.54) is 0 Å². The van der Waals surface area contributed by atoms with Crippen molar-refractivity contribution in [2.75, 3.05) is 6.61 Å². The summed E-state index contributed by atoms with van der Waals surface area (Å²) in [6, 6.07) is 9.74. The Morgan fingerprint density at radius 3 is 2.45 bits per heavy atom. The molecule has 0 spiro atoms. The maximum Gasteiger partial charge on any atom is 0.254 e. The number of hydrogen-bond donors (Lipinski definition) is 0. The third-order valence-electron chi connectivity index (χ3n) is 2.26. The average Bonchev–Trinajstić information content (AvgIpc) is 2.41. The van der Waals surface area contributed by atoms with Gasteiger partial charge in [0.1, 0.15) is 0 Å². The van der Waals surface area contributed by atoms with E-state index in [0.717, 1.165) is 18.4 Å². The number of ether oxygens (including phenoxy) is 1. The van der Waals surface area contributed by atoms with E-state index >= 15 is 0 Å². The van der Waals surface area contributed by atoms with Crippen molar-refractivity contribution in [3.8, 4) is 11.8 Å². The lowest BCUT2D eigenvalue weighted by Crippen LogP contribution is -2.25. The lowest BCUT2D eigenvalue weighted by molar-refractivity contribution is -0.401. The van der Waals surface area contributed by atoms with Crippen molar-refractivity contribution >= 4 is 0 Å². The van der Waals surface area contributed by atoms with Crippen LogP contribution in [0.1, 0.15) is 46.1 Å². The Morgan fingerprint density at radius 2 is 1.85 bits per heavy atom. The van der Waals surface area contributed by atoms with Crippen LogP contribution in [0.25, 0.3) is 0 Å². The highest BCUT2D eigenvalue weighted by atomic mass is 17.2. The molecule has 0 aliphatic heterocycles. The zero-order valence-corrected chi connectivity index (χ0v) is 12.8. The Balaban J connectivity index is 2.60. The fourth-order valence-corrected chi connectivity index (χ4v) is 1.28. The highest BCUT2D eigenvalue weighted by Gasteiger charge is 2.15. The van der Waals surface area contributed by atoms with E-state index in [1.807, 2.05) is 51.1 Å². The maximum atomic E-state index is 5.58. The van der Waals surface area contributed by atoms with Gasteiger partial charge in [0.05, 0.1) is 12.2 Å². The second-order valence-electron chi connectivity index (χ2n) is 5.48. The van der Waals surface area contributed by atoms with Gasteiger partial charge in [0.2, 0.25) is 0 Å². The summed E-state index contributed by atoms with van der Waals surface area (Å²) in [4.78, 5) is 10.6. The van der Waals surface area contributed by atoms with Crippen LogP contribution in [0.4, 0.5) is 0 Å². The van der Waals surface area contributed by atoms with Crippen LogP contribution in [0.5, 0.6) is 0 Å². The largest absolute Gasteiger partial charge is 0.340 e. The van der Waals surface area contributed by atoms with Gasteiger partial charge in [0.25, 0.3) is 6.29 Å². The van der Waals surface area contributed by atoms with Gasteiger partial charge in [-0.2, -0.15) is 4.89 Å². The second kappa shape index (κ2) is 8.76. The second-order valence-corrected chi connectivity index (χ2v) is 5.48. The summed E-state index contributed by atoms with van der Waals surface area (Å²) in [6.45, 7) is 8.47. The van der Waals surface area contributed by atoms with E-state index in [0.29, 0.717) is 6.61 Å². The third-order valence-corrected chi connectivity index (χ3v) is 2.26. The van der Waals surface area contributed by atoms with Gasteiger partial charge in [-0.1, -0.05) is 37.5 Å². The summed E-state index contributed by atoms with van der Waals surface area (Å²) in [7, 11) is 0. The minimum atomic E-state index is -0.666. The van der Waals surface area contributed by atoms with Crippen LogP contribution in [0, 0.1) is 11.8 Å². The highest BCUT2D eigenvalue weighted by Crippen LogP contribution is 2.10. The fraction of sp³-hybridized carbons (Fsp3) is 0.529. The maximum absolute atomic E-state index is 5.58. The van der Waals surface area contributed by atoms with Crippen molar-refractivity contribution in [2.45, 2.75) is 52.4 Å². The van der Waals surface area contributed by atoms with Crippen LogP contribution in [0.15, 0.2) is 30.3 Å². The van der Waals surface area contributed by atoms with Crippen molar-refractivity contribution in [1.29, 1.82) is 0 Å². The van der Waals surface area contributed by atoms with Gasteiger partial charge in [-0.3, -0.25) is 0 Å². The van der Waals surface area contributed by atoms with Crippen LogP contribution < -0.4 is 0 Å². The summed E-state index contributed by atoms with van der Waals surface area (Å²) in [5, 5.41) is 0. The van der Waals surface area contributed by atoms with Gasteiger partial charge in [-0.05, 0) is 45.2 Å². The first kappa shape index (κ1) is 16.7. The SMILES string of the molecule is CCCCOC(C#Cc1ccccc1)OOC(C)(C)C. The van der Waals surface area contributed by atoms with Crippen LogP contribution in [-0.2, 0) is 14.5 Å². The minimum Gasteiger partial charge on any atom is -0.340 e. The summed E-state index contributed by atoms with van der Waals surface area (Å²) < 4.78 is 5.58. The molecule has 0 radical (unpaired) electrons. The highest BCUT2D eigenvalue weighted by molar-refractivity contribution is 5.33. The number of rotatable bonds is 6. The van der Waals surface area contributed by atoms with Gasteiger partial charge in [-0.25, -0.2) is 4.89 Å². The number of benzene rings is 1. The Kier molecular flexibility index (Phi) is 7.32. The molecule has 1 rings (SSSR count). The van der Waals surface area contributed by atoms with E-state index in [1.54, 1.807) is 0 Å². The average molecular weight is 276 g/mol. The van der Waals surface area contributed by atoms with Gasteiger partial charge in [-0.15, -0.1) is 0 Å². The molecule has 0 heterocycles. The molecule has 1 aromatic rings. The summed E-state index contributed by atoms with van der Waals surface area (Å²) in [5.41, 5.74) is 0.539. The van der Waals surface area contributed by atoms with Gasteiger partial charge in [0, 0.05) is 5.56 Å². The molecule has 1 aromatic carbocycles. The molecule has 0 fully saturated rings. The third kappa shape index (κ3) is 7.96. The molecule has 0 amide bonds. The van der Waals surface area contributed by atoms with Gasteiger partial charge < -0.3 is 4.74 Å². The van der Waals surface area contributed by atoms with Crippen LogP contribution in [-0.4, -0.2) is 18.5 Å². The number of unbranched alkanes of at least 4 members (excludes halogenated alkanes) is 1. The monoisotopic (exact) mass is 276 g/mol. The van der Waals surface area contributed by atoms with Crippen LogP contribution in [0.3, 0.4) is 0 Å². The fourth-order valence-electron chi connectivity index (χ4n) is 1.28. The molecule has 0 aliphatic rings. The molecule has 20 heavy (non-hydrogen) atoms. The Morgan fingerprint density at radius 1 is 1.15 bits per heavy atom. The van der Waals surface area contributed by atoms with E-state index in [9.17, 15) is 0 Å². The molecule has 0 bridgehead atoms. The quantitative estimate of drug-likeness (QED) is 0.259. The van der Waals surface area contributed by atoms with E-state index in [4.69, 9.17) is 14.5 Å². The topological polar surface area (TPSA) is 27.7 Å². The van der Waals surface area contributed by atoms with Crippen molar-refractivity contribution in [2.24, 2.45) is 0 Å². The molecular weight excluding hydrogens is 252 g/mol. The predicted octanol–water partition coefficient (Wildman–Crippen LogP) is 3.93. The standard InChI is InChI=1S/C17H24O3/c1-5-6-14-18-16(19-20-17(2,3)4)13-12-15-10-8-7-9-11-15/h7-11,16H,5-6,14H2,1-4H3. The molecule has 0 N–H and O–H groups in total. The Labute approximate surface area is 122 Å². The first-order valence-electron chi connectivity index (χ1n) is 7.04. The van der Waals surface area contributed by atoms with Gasteiger partial charge in [0.15, 0.2) is 0 Å². The van der Waals surface area contributed by atoms with Crippen LogP contribution >= 0.6 is 0 Å². The van der Waals surface area contributed by atoms with Crippen molar-refractivity contribution in [1.82, 2.24) is 0 Å². The molecule has 110 valence electrons. The van der Waals surface area contributed by atoms with Gasteiger partial charge >= 0.3 is 0 Å². The molecular formula is C17H24O3. The first-order chi connectivity index (χ1) is 9.51. The first-order valence-corrected chi connectivity index (χ1v) is 7.04. The molecule has 0 aliphatic carbocycles. The summed E-state index contributed by atoms with van der Waals surface area (Å²) in [5.74, 6) is 5.98. The van der Waals surface area contributed by atoms with Crippen molar-refractivity contribution < 1.29 is 14.5 Å². The Hall–Kier alpha value is -1.34. The smallest absolute Gasteiger partial charge is 0.254 e. The molecule has 0 saturated heterocycles. The summed E-state index contributed by atoms with van der Waals surface area (Å²) in [6.07, 6.45) is 1.38. The molecule has 3 heteroatoms. The van der Waals surface area contributed by atoms with Crippen molar-refractivity contribution in [3.05, 3.63) is 35.9 Å². The van der Waals surface area contributed by atoms with E-state index < -0.39 is 6.29 Å². The number of hydrogen-bond acceptors (Lipinski definition) is 3. The van der Waals surface area contributed by atoms with Crippen molar-refractivity contribution in [3.63, 3.8) is 0 Å². The van der Waals surface area contributed by atoms with E-state index in [-0.39, 0.29) is 5.60 Å². The summed E-state index contributed by atoms with van der Waals surface area (Å²) >= 11 is 0.